The summed E-state index contributed by atoms with van der Waals surface area (Å²) >= 11 is 0. The number of benzene rings is 1. The number of carbonyl (C=O) groups excluding carboxylic acids is 1. The summed E-state index contributed by atoms with van der Waals surface area (Å²) in [6, 6.07) is 10.1. The van der Waals surface area contributed by atoms with Gasteiger partial charge in [-0.15, -0.1) is 0 Å². The van der Waals surface area contributed by atoms with E-state index in [1.807, 2.05) is 35.0 Å². The van der Waals surface area contributed by atoms with Gasteiger partial charge in [-0.3, -0.25) is 9.63 Å². The Morgan fingerprint density at radius 1 is 1.48 bits per heavy atom. The van der Waals surface area contributed by atoms with Crippen LogP contribution in [0.5, 0.6) is 0 Å². The minimum absolute atomic E-state index is 0.230. The predicted octanol–water partition coefficient (Wildman–Crippen LogP) is 2.59. The molecule has 0 saturated carbocycles. The lowest BCUT2D eigenvalue weighted by molar-refractivity contribution is -0.162. The number of hydroxylamine groups is 2. The number of nitrogens with zero attached hydrogens (tertiary/aromatic N) is 3. The molecule has 2 aromatic rings. The Hall–Kier alpha value is -2.58. The highest BCUT2D eigenvalue weighted by Crippen LogP contribution is 2.22. The first-order valence-corrected chi connectivity index (χ1v) is 6.62. The monoisotopic (exact) mass is 283 g/mol. The molecule has 1 amide bonds. The van der Waals surface area contributed by atoms with Crippen molar-refractivity contribution < 1.29 is 9.63 Å². The van der Waals surface area contributed by atoms with Gasteiger partial charge in [0.15, 0.2) is 0 Å². The average molecular weight is 283 g/mol. The van der Waals surface area contributed by atoms with E-state index in [1.165, 1.54) is 13.2 Å². The molecule has 0 spiro atoms. The number of likely N-dealkylation sites (N-methyl/N-ethyl adjacent to an activating group) is 1. The summed E-state index contributed by atoms with van der Waals surface area (Å²) in [4.78, 5) is 16.6. The van der Waals surface area contributed by atoms with Crippen molar-refractivity contribution in [2.45, 2.75) is 13.0 Å². The molecule has 0 bridgehead atoms. The Morgan fingerprint density at radius 2 is 2.24 bits per heavy atom. The van der Waals surface area contributed by atoms with Gasteiger partial charge in [0, 0.05) is 42.3 Å². The fourth-order valence-electron chi connectivity index (χ4n) is 2.12. The number of fused-ring (bicyclic) bond motifs is 1. The van der Waals surface area contributed by atoms with E-state index < -0.39 is 0 Å². The first-order chi connectivity index (χ1) is 10.2. The van der Waals surface area contributed by atoms with E-state index in [-0.39, 0.29) is 5.91 Å². The van der Waals surface area contributed by atoms with Crippen molar-refractivity contribution in [2.75, 3.05) is 14.2 Å². The Bertz CT molecular complexity index is 710. The maximum Gasteiger partial charge on any atom is 0.269 e. The molecule has 0 saturated heterocycles. The lowest BCUT2D eigenvalue weighted by Gasteiger charge is -2.09. The summed E-state index contributed by atoms with van der Waals surface area (Å²) in [6.07, 6.45) is 5.65. The quantitative estimate of drug-likeness (QED) is 0.626. The van der Waals surface area contributed by atoms with Gasteiger partial charge >= 0.3 is 0 Å². The first kappa shape index (κ1) is 14.8. The van der Waals surface area contributed by atoms with Gasteiger partial charge in [-0.05, 0) is 12.1 Å². The highest BCUT2D eigenvalue weighted by Gasteiger charge is 2.07. The van der Waals surface area contributed by atoms with Crippen molar-refractivity contribution in [3.05, 3.63) is 42.1 Å². The van der Waals surface area contributed by atoms with Gasteiger partial charge in [0.05, 0.1) is 19.6 Å². The third-order valence-corrected chi connectivity index (χ3v) is 3.27. The molecule has 0 N–H and O–H groups in total. The van der Waals surface area contributed by atoms with Crippen molar-refractivity contribution in [1.29, 1.82) is 5.26 Å². The topological polar surface area (TPSA) is 58.3 Å². The van der Waals surface area contributed by atoms with Crippen LogP contribution in [0.25, 0.3) is 17.0 Å². The third kappa shape index (κ3) is 3.30. The summed E-state index contributed by atoms with van der Waals surface area (Å²) in [5.74, 6) is -0.230. The van der Waals surface area contributed by atoms with Crippen LogP contribution in [-0.4, -0.2) is 29.7 Å². The van der Waals surface area contributed by atoms with Crippen molar-refractivity contribution in [1.82, 2.24) is 9.63 Å². The standard InChI is InChI=1S/C16H17N3O2/c1-18(21-2)16(20)9-8-13-12-19(11-5-10-17)15-7-4-3-6-14(13)15/h3-4,6-9,12H,5,11H2,1-2H3/b9-8+. The normalized spacial score (nSPS) is 10.9. The van der Waals surface area contributed by atoms with Gasteiger partial charge < -0.3 is 4.57 Å². The maximum absolute atomic E-state index is 11.7. The molecule has 1 aromatic carbocycles. The van der Waals surface area contributed by atoms with Gasteiger partial charge in [-0.25, -0.2) is 5.06 Å². The van der Waals surface area contributed by atoms with Crippen LogP contribution in [0.4, 0.5) is 0 Å². The zero-order valence-electron chi connectivity index (χ0n) is 12.1. The number of aromatic nitrogens is 1. The summed E-state index contributed by atoms with van der Waals surface area (Å²) < 4.78 is 2.03. The zero-order valence-corrected chi connectivity index (χ0v) is 12.1. The Morgan fingerprint density at radius 3 is 2.95 bits per heavy atom. The number of para-hydroxylation sites is 1. The van der Waals surface area contributed by atoms with Crippen LogP contribution in [0, 0.1) is 11.3 Å². The van der Waals surface area contributed by atoms with Crippen molar-refractivity contribution in [2.24, 2.45) is 0 Å². The van der Waals surface area contributed by atoms with Gasteiger partial charge in [-0.1, -0.05) is 18.2 Å². The summed E-state index contributed by atoms with van der Waals surface area (Å²) in [5.41, 5.74) is 2.00. The van der Waals surface area contributed by atoms with Gasteiger partial charge in [0.1, 0.15) is 0 Å². The maximum atomic E-state index is 11.7. The lowest BCUT2D eigenvalue weighted by Crippen LogP contribution is -2.22. The van der Waals surface area contributed by atoms with Gasteiger partial charge in [-0.2, -0.15) is 5.26 Å². The lowest BCUT2D eigenvalue weighted by atomic mass is 10.1. The van der Waals surface area contributed by atoms with E-state index in [0.717, 1.165) is 21.5 Å². The van der Waals surface area contributed by atoms with Crippen LogP contribution in [-0.2, 0) is 16.2 Å². The first-order valence-electron chi connectivity index (χ1n) is 6.62. The zero-order chi connectivity index (χ0) is 15.2. The number of amides is 1. The fraction of sp³-hybridized carbons (Fsp3) is 0.250. The summed E-state index contributed by atoms with van der Waals surface area (Å²) in [5, 5.41) is 10.9. The Kier molecular flexibility index (Phi) is 4.75. The Labute approximate surface area is 123 Å². The predicted molar refractivity (Wildman–Crippen MR) is 81.0 cm³/mol. The van der Waals surface area contributed by atoms with Crippen molar-refractivity contribution in [3.8, 4) is 6.07 Å². The second-order valence-corrected chi connectivity index (χ2v) is 4.55. The molecule has 0 aliphatic rings. The number of hydrogen-bond acceptors (Lipinski definition) is 3. The van der Waals surface area contributed by atoms with Crippen LogP contribution in [0.3, 0.4) is 0 Å². The molecule has 0 aliphatic heterocycles. The minimum atomic E-state index is -0.230. The molecule has 108 valence electrons. The molecule has 0 radical (unpaired) electrons. The average Bonchev–Trinajstić information content (AvgIpc) is 2.88. The highest BCUT2D eigenvalue weighted by atomic mass is 16.7. The summed E-state index contributed by atoms with van der Waals surface area (Å²) in [6.45, 7) is 0.636. The molecular formula is C16H17N3O2. The molecule has 2 rings (SSSR count). The number of rotatable bonds is 5. The van der Waals surface area contributed by atoms with E-state index in [4.69, 9.17) is 10.1 Å². The van der Waals surface area contributed by atoms with E-state index in [2.05, 4.69) is 6.07 Å². The van der Waals surface area contributed by atoms with Crippen LogP contribution >= 0.6 is 0 Å². The van der Waals surface area contributed by atoms with Gasteiger partial charge in [0.25, 0.3) is 5.91 Å². The van der Waals surface area contributed by atoms with Gasteiger partial charge in [0.2, 0.25) is 0 Å². The highest BCUT2D eigenvalue weighted by molar-refractivity contribution is 5.96. The van der Waals surface area contributed by atoms with E-state index in [1.54, 1.807) is 13.1 Å². The molecule has 0 aliphatic carbocycles. The number of hydrogen-bond donors (Lipinski definition) is 0. The van der Waals surface area contributed by atoms with E-state index >= 15 is 0 Å². The molecule has 0 atom stereocenters. The second kappa shape index (κ2) is 6.73. The molecule has 21 heavy (non-hydrogen) atoms. The van der Waals surface area contributed by atoms with Crippen LogP contribution in [0.15, 0.2) is 36.5 Å². The summed E-state index contributed by atoms with van der Waals surface area (Å²) in [7, 11) is 3.00. The SMILES string of the molecule is CON(C)C(=O)/C=C/c1cn(CCC#N)c2ccccc12. The van der Waals surface area contributed by atoms with Crippen molar-refractivity contribution >= 4 is 22.9 Å². The minimum Gasteiger partial charge on any atom is -0.346 e. The molecule has 0 unspecified atom stereocenters. The smallest absolute Gasteiger partial charge is 0.269 e. The van der Waals surface area contributed by atoms with E-state index in [0.29, 0.717) is 13.0 Å². The second-order valence-electron chi connectivity index (χ2n) is 4.55. The fourth-order valence-corrected chi connectivity index (χ4v) is 2.12. The molecule has 1 aromatic heterocycles. The molecule has 5 heteroatoms. The largest absolute Gasteiger partial charge is 0.346 e. The van der Waals surface area contributed by atoms with Crippen molar-refractivity contribution in [3.63, 3.8) is 0 Å². The molecule has 5 nitrogen and oxygen atoms in total. The number of carbonyl (C=O) groups is 1. The van der Waals surface area contributed by atoms with Crippen LogP contribution < -0.4 is 0 Å². The molecular weight excluding hydrogens is 266 g/mol. The number of aryl methyl sites for hydroxylation is 1. The van der Waals surface area contributed by atoms with E-state index in [9.17, 15) is 4.79 Å². The van der Waals surface area contributed by atoms with Crippen LogP contribution in [0.2, 0.25) is 0 Å². The number of nitriles is 1. The molecule has 1 heterocycles. The molecule has 0 fully saturated rings. The van der Waals surface area contributed by atoms with Crippen LogP contribution in [0.1, 0.15) is 12.0 Å². The third-order valence-electron chi connectivity index (χ3n) is 3.27. The Balaban J connectivity index is 2.34.